The van der Waals surface area contributed by atoms with Gasteiger partial charge in [-0.15, -0.1) is 0 Å². The lowest BCUT2D eigenvalue weighted by molar-refractivity contribution is 0.768. The minimum absolute atomic E-state index is 0.343. The monoisotopic (exact) mass is 487 g/mol. The third-order valence-corrected chi connectivity index (χ3v) is 7.14. The highest BCUT2D eigenvalue weighted by atomic mass is 79.9. The van der Waals surface area contributed by atoms with Gasteiger partial charge in [-0.2, -0.15) is 0 Å². The van der Waals surface area contributed by atoms with E-state index >= 15 is 0 Å². The Morgan fingerprint density at radius 1 is 0.455 bits per heavy atom. The molecule has 2 heteroatoms. The summed E-state index contributed by atoms with van der Waals surface area (Å²) < 4.78 is 1.08. The van der Waals surface area contributed by atoms with E-state index in [0.29, 0.717) is 0 Å². The third kappa shape index (κ3) is 3.21. The Kier molecular flexibility index (Phi) is 4.89. The molecule has 0 heterocycles. The standard InChI is InChI=1S/C31H22BrN/c32-24-16-20-26(21-17-24)33-25-18-14-23(15-19-25)31(22-8-2-1-3-9-22)29-12-6-4-10-27(29)28-11-5-7-13-30(28)31/h1-21,33H. The van der Waals surface area contributed by atoms with E-state index in [-0.39, 0.29) is 5.41 Å². The van der Waals surface area contributed by atoms with E-state index in [4.69, 9.17) is 0 Å². The van der Waals surface area contributed by atoms with Crippen molar-refractivity contribution in [3.63, 3.8) is 0 Å². The van der Waals surface area contributed by atoms with Gasteiger partial charge in [-0.1, -0.05) is 107 Å². The highest BCUT2D eigenvalue weighted by molar-refractivity contribution is 9.10. The number of anilines is 2. The van der Waals surface area contributed by atoms with Gasteiger partial charge in [0.2, 0.25) is 0 Å². The first-order valence-corrected chi connectivity index (χ1v) is 11.9. The van der Waals surface area contributed by atoms with E-state index in [1.54, 1.807) is 0 Å². The van der Waals surface area contributed by atoms with Crippen LogP contribution in [0, 0.1) is 0 Å². The van der Waals surface area contributed by atoms with E-state index in [1.165, 1.54) is 33.4 Å². The lowest BCUT2D eigenvalue weighted by Crippen LogP contribution is -2.28. The molecule has 1 aliphatic rings. The summed E-state index contributed by atoms with van der Waals surface area (Å²) in [6.45, 7) is 0. The van der Waals surface area contributed by atoms with E-state index in [1.807, 2.05) is 12.1 Å². The lowest BCUT2D eigenvalue weighted by Gasteiger charge is -2.34. The van der Waals surface area contributed by atoms with E-state index < -0.39 is 0 Å². The number of halogens is 1. The minimum Gasteiger partial charge on any atom is -0.356 e. The van der Waals surface area contributed by atoms with Crippen LogP contribution >= 0.6 is 15.9 Å². The highest BCUT2D eigenvalue weighted by Gasteiger charge is 2.45. The summed E-state index contributed by atoms with van der Waals surface area (Å²) in [7, 11) is 0. The Hall–Kier alpha value is -3.62. The minimum atomic E-state index is -0.343. The molecule has 0 radical (unpaired) electrons. The Balaban J connectivity index is 1.53. The molecule has 0 saturated carbocycles. The fourth-order valence-corrected chi connectivity index (χ4v) is 5.48. The first kappa shape index (κ1) is 20.0. The van der Waals surface area contributed by atoms with Crippen LogP contribution in [0.15, 0.2) is 132 Å². The van der Waals surface area contributed by atoms with E-state index in [2.05, 4.69) is 137 Å². The quantitative estimate of drug-likeness (QED) is 0.262. The van der Waals surface area contributed by atoms with Crippen molar-refractivity contribution in [1.29, 1.82) is 0 Å². The van der Waals surface area contributed by atoms with Gasteiger partial charge in [0.15, 0.2) is 0 Å². The lowest BCUT2D eigenvalue weighted by atomic mass is 9.68. The number of hydrogen-bond acceptors (Lipinski definition) is 1. The van der Waals surface area contributed by atoms with Crippen molar-refractivity contribution in [3.05, 3.63) is 154 Å². The molecule has 158 valence electrons. The molecule has 5 aromatic carbocycles. The molecular weight excluding hydrogens is 466 g/mol. The molecule has 0 spiro atoms. The zero-order chi connectivity index (χ0) is 22.3. The first-order valence-electron chi connectivity index (χ1n) is 11.1. The molecule has 0 fully saturated rings. The largest absolute Gasteiger partial charge is 0.356 e. The molecule has 1 N–H and O–H groups in total. The van der Waals surface area contributed by atoms with Crippen LogP contribution in [0.25, 0.3) is 11.1 Å². The molecule has 0 amide bonds. The van der Waals surface area contributed by atoms with E-state index in [0.717, 1.165) is 15.8 Å². The SMILES string of the molecule is Brc1ccc(Nc2ccc(C3(c4ccccc4)c4ccccc4-c4ccccc43)cc2)cc1. The summed E-state index contributed by atoms with van der Waals surface area (Å²) in [6.07, 6.45) is 0. The molecule has 5 aromatic rings. The Morgan fingerprint density at radius 3 is 1.48 bits per heavy atom. The third-order valence-electron chi connectivity index (χ3n) is 6.61. The molecule has 0 aromatic heterocycles. The van der Waals surface area contributed by atoms with Crippen molar-refractivity contribution in [2.75, 3.05) is 5.32 Å². The van der Waals surface area contributed by atoms with Crippen LogP contribution in [0.1, 0.15) is 22.3 Å². The predicted molar refractivity (Wildman–Crippen MR) is 141 cm³/mol. The second-order valence-corrected chi connectivity index (χ2v) is 9.33. The second kappa shape index (κ2) is 8.06. The van der Waals surface area contributed by atoms with Gasteiger partial charge < -0.3 is 5.32 Å². The number of hydrogen-bond donors (Lipinski definition) is 1. The van der Waals surface area contributed by atoms with E-state index in [9.17, 15) is 0 Å². The fourth-order valence-electron chi connectivity index (χ4n) is 5.22. The Morgan fingerprint density at radius 2 is 0.909 bits per heavy atom. The molecule has 6 rings (SSSR count). The van der Waals surface area contributed by atoms with Crippen molar-refractivity contribution < 1.29 is 0 Å². The smallest absolute Gasteiger partial charge is 0.0713 e. The number of fused-ring (bicyclic) bond motifs is 3. The van der Waals surface area contributed by atoms with Gasteiger partial charge in [0, 0.05) is 15.8 Å². The predicted octanol–water partition coefficient (Wildman–Crippen LogP) is 8.56. The summed E-state index contributed by atoms with van der Waals surface area (Å²) >= 11 is 3.50. The summed E-state index contributed by atoms with van der Waals surface area (Å²) in [5.41, 5.74) is 9.66. The van der Waals surface area contributed by atoms with Gasteiger partial charge in [0.05, 0.1) is 5.41 Å². The van der Waals surface area contributed by atoms with Crippen LogP contribution in [0.4, 0.5) is 11.4 Å². The zero-order valence-corrected chi connectivity index (χ0v) is 19.6. The van der Waals surface area contributed by atoms with Gasteiger partial charge >= 0.3 is 0 Å². The maximum atomic E-state index is 3.52. The summed E-state index contributed by atoms with van der Waals surface area (Å²) in [4.78, 5) is 0. The number of nitrogens with one attached hydrogen (secondary N) is 1. The number of benzene rings is 5. The second-order valence-electron chi connectivity index (χ2n) is 8.42. The summed E-state index contributed by atoms with van der Waals surface area (Å²) in [5, 5.41) is 3.52. The molecule has 0 aliphatic heterocycles. The first-order chi connectivity index (χ1) is 16.3. The average molecular weight is 488 g/mol. The molecular formula is C31H22BrN. The van der Waals surface area contributed by atoms with Gasteiger partial charge in [-0.25, -0.2) is 0 Å². The van der Waals surface area contributed by atoms with Crippen LogP contribution in [0.5, 0.6) is 0 Å². The van der Waals surface area contributed by atoms with Crippen LogP contribution in [0.2, 0.25) is 0 Å². The highest BCUT2D eigenvalue weighted by Crippen LogP contribution is 2.55. The topological polar surface area (TPSA) is 12.0 Å². The van der Waals surface area contributed by atoms with Crippen LogP contribution < -0.4 is 5.32 Å². The Labute approximate surface area is 202 Å². The summed E-state index contributed by atoms with van der Waals surface area (Å²) in [6, 6.07) is 45.7. The van der Waals surface area contributed by atoms with Crippen molar-refractivity contribution >= 4 is 27.3 Å². The molecule has 1 nitrogen and oxygen atoms in total. The summed E-state index contributed by atoms with van der Waals surface area (Å²) in [5.74, 6) is 0. The molecule has 0 saturated heterocycles. The fraction of sp³-hybridized carbons (Fsp3) is 0.0323. The molecule has 33 heavy (non-hydrogen) atoms. The van der Waals surface area contributed by atoms with Crippen molar-refractivity contribution in [2.24, 2.45) is 0 Å². The van der Waals surface area contributed by atoms with Gasteiger partial charge in [-0.3, -0.25) is 0 Å². The van der Waals surface area contributed by atoms with Crippen LogP contribution in [-0.2, 0) is 5.41 Å². The van der Waals surface area contributed by atoms with Gasteiger partial charge in [0.1, 0.15) is 0 Å². The van der Waals surface area contributed by atoms with Crippen molar-refractivity contribution in [3.8, 4) is 11.1 Å². The maximum Gasteiger partial charge on any atom is 0.0713 e. The van der Waals surface area contributed by atoms with Crippen molar-refractivity contribution in [2.45, 2.75) is 5.41 Å². The van der Waals surface area contributed by atoms with Gasteiger partial charge in [0.25, 0.3) is 0 Å². The normalized spacial score (nSPS) is 13.2. The Bertz CT molecular complexity index is 1380. The van der Waals surface area contributed by atoms with Crippen LogP contribution in [0.3, 0.4) is 0 Å². The molecule has 0 bridgehead atoms. The number of rotatable bonds is 4. The zero-order valence-electron chi connectivity index (χ0n) is 18.0. The van der Waals surface area contributed by atoms with Crippen molar-refractivity contribution in [1.82, 2.24) is 0 Å². The average Bonchev–Trinajstić information content (AvgIpc) is 3.18. The maximum absolute atomic E-state index is 3.52. The van der Waals surface area contributed by atoms with Crippen LogP contribution in [-0.4, -0.2) is 0 Å². The molecule has 0 unspecified atom stereocenters. The van der Waals surface area contributed by atoms with Gasteiger partial charge in [-0.05, 0) is 69.8 Å². The molecule has 0 atom stereocenters. The molecule has 1 aliphatic carbocycles.